The third-order valence-electron chi connectivity index (χ3n) is 12.4. The first-order valence-electron chi connectivity index (χ1n) is 26.6. The number of aliphatic imine (C=N–C) groups is 3. The lowest BCUT2D eigenvalue weighted by atomic mass is 10.0. The minimum absolute atomic E-state index is 0.0126. The number of para-hydroxylation sites is 1. The number of aromatic amines is 1. The van der Waals surface area contributed by atoms with Gasteiger partial charge in [0.25, 0.3) is 0 Å². The van der Waals surface area contributed by atoms with Crippen molar-refractivity contribution < 1.29 is 58.5 Å². The van der Waals surface area contributed by atoms with Gasteiger partial charge in [-0.05, 0) is 115 Å². The van der Waals surface area contributed by atoms with Crippen LogP contribution in [0.4, 0.5) is 0 Å². The van der Waals surface area contributed by atoms with E-state index < -0.39 is 121 Å². The smallest absolute Gasteiger partial charge is 0.328 e. The lowest BCUT2D eigenvalue weighted by Crippen LogP contribution is -2.60. The Bertz CT molecular complexity index is 2460. The van der Waals surface area contributed by atoms with Gasteiger partial charge in [-0.25, -0.2) is 4.79 Å². The van der Waals surface area contributed by atoms with Crippen LogP contribution in [0.2, 0.25) is 0 Å². The number of aliphatic carboxylic acids is 2. The van der Waals surface area contributed by atoms with Gasteiger partial charge in [-0.15, -0.1) is 0 Å². The molecule has 0 aliphatic rings. The van der Waals surface area contributed by atoms with Crippen molar-refractivity contribution in [1.29, 1.82) is 0 Å². The SMILES string of the molecule is NCCCC[C@H](NC(=O)[C@H](CCCN=C(N)N)NC(=O)[C@H](CCCCN)NC(=O)[C@H](CCCN=C(N)N)NC(=O)[C@H](CCCN=C(N)N)NC(=O)[C@@H](N)Cc1c[nH]c2ccccc12)C(=O)N[C@@H](CCC(=O)O)C(=O)N[C@@H](CO)C(=O)O. The van der Waals surface area contributed by atoms with Gasteiger partial charge in [-0.3, -0.25) is 53.3 Å². The largest absolute Gasteiger partial charge is 0.481 e. The molecule has 2 rings (SSSR count). The van der Waals surface area contributed by atoms with E-state index in [0.29, 0.717) is 12.8 Å². The van der Waals surface area contributed by atoms with Gasteiger partial charge >= 0.3 is 11.9 Å². The summed E-state index contributed by atoms with van der Waals surface area (Å²) in [6, 6.07) is -4.10. The normalized spacial score (nSPS) is 13.9. The van der Waals surface area contributed by atoms with Gasteiger partial charge in [-0.2, -0.15) is 0 Å². The van der Waals surface area contributed by atoms with Gasteiger partial charge in [0.2, 0.25) is 41.4 Å². The summed E-state index contributed by atoms with van der Waals surface area (Å²) < 4.78 is 0. The van der Waals surface area contributed by atoms with Crippen molar-refractivity contribution in [3.63, 3.8) is 0 Å². The number of carboxylic acid groups (broad SMARTS) is 2. The number of aliphatic hydroxyl groups excluding tert-OH is 1. The number of aliphatic hydroxyl groups is 1. The molecule has 7 amide bonds. The van der Waals surface area contributed by atoms with Crippen LogP contribution >= 0.6 is 0 Å². The van der Waals surface area contributed by atoms with Gasteiger partial charge in [0.1, 0.15) is 42.3 Å². The third kappa shape index (κ3) is 26.9. The third-order valence-corrected chi connectivity index (χ3v) is 12.4. The molecule has 0 fully saturated rings. The van der Waals surface area contributed by atoms with Crippen molar-refractivity contribution in [2.24, 2.45) is 66.6 Å². The fourth-order valence-electron chi connectivity index (χ4n) is 8.11. The summed E-state index contributed by atoms with van der Waals surface area (Å²) >= 11 is 0. The highest BCUT2D eigenvalue weighted by molar-refractivity contribution is 5.98. The van der Waals surface area contributed by atoms with E-state index in [1.54, 1.807) is 6.20 Å². The molecule has 0 spiro atoms. The lowest BCUT2D eigenvalue weighted by molar-refractivity contribution is -0.144. The van der Waals surface area contributed by atoms with Gasteiger partial charge in [0.05, 0.1) is 12.6 Å². The van der Waals surface area contributed by atoms with E-state index in [4.69, 9.17) is 51.6 Å². The summed E-state index contributed by atoms with van der Waals surface area (Å²) in [6.07, 6.45) is 2.00. The van der Waals surface area contributed by atoms with Crippen molar-refractivity contribution in [2.75, 3.05) is 39.3 Å². The zero-order valence-corrected chi connectivity index (χ0v) is 45.4. The Labute approximate surface area is 468 Å². The lowest BCUT2D eigenvalue weighted by Gasteiger charge is -2.28. The molecule has 0 saturated carbocycles. The fraction of sp³-hybridized carbons (Fsp3) is 0.592. The minimum atomic E-state index is -1.80. The molecule has 1 aromatic carbocycles. The van der Waals surface area contributed by atoms with Crippen LogP contribution in [0, 0.1) is 0 Å². The number of hydrogen-bond donors (Lipinski definition) is 20. The van der Waals surface area contributed by atoms with E-state index in [-0.39, 0.29) is 121 Å². The number of aromatic nitrogens is 1. The second-order valence-corrected chi connectivity index (χ2v) is 19.0. The second kappa shape index (κ2) is 37.5. The maximum absolute atomic E-state index is 14.5. The summed E-state index contributed by atoms with van der Waals surface area (Å²) in [4.78, 5) is 136. The molecule has 0 aliphatic heterocycles. The number of amides is 7. The maximum Gasteiger partial charge on any atom is 0.328 e. The molecule has 2 aromatic rings. The van der Waals surface area contributed by atoms with Crippen molar-refractivity contribution in [2.45, 2.75) is 145 Å². The molecule has 1 aromatic heterocycles. The molecule has 32 nitrogen and oxygen atoms in total. The van der Waals surface area contributed by atoms with Gasteiger partial charge in [-0.1, -0.05) is 18.2 Å². The molecule has 81 heavy (non-hydrogen) atoms. The first kappa shape index (κ1) is 68.7. The highest BCUT2D eigenvalue weighted by Gasteiger charge is 2.34. The number of rotatable bonds is 41. The fourth-order valence-corrected chi connectivity index (χ4v) is 8.11. The molecule has 0 radical (unpaired) electrons. The molecule has 452 valence electrons. The molecular formula is C49H84N20O12. The summed E-state index contributed by atoms with van der Waals surface area (Å²) in [5.74, 6) is -9.93. The molecule has 32 heteroatoms. The summed E-state index contributed by atoms with van der Waals surface area (Å²) in [7, 11) is 0. The van der Waals surface area contributed by atoms with E-state index in [0.717, 1.165) is 16.5 Å². The number of nitrogens with one attached hydrogen (secondary N) is 8. The Balaban J connectivity index is 2.53. The Kier molecular flexibility index (Phi) is 31.8. The topological polar surface area (TPSA) is 586 Å². The number of carbonyl (C=O) groups excluding carboxylic acids is 7. The molecule has 0 saturated heterocycles. The van der Waals surface area contributed by atoms with E-state index in [1.807, 2.05) is 29.6 Å². The summed E-state index contributed by atoms with van der Waals surface area (Å²) in [5, 5.41) is 46.8. The van der Waals surface area contributed by atoms with E-state index in [2.05, 4.69) is 51.9 Å². The molecule has 0 unspecified atom stereocenters. The highest BCUT2D eigenvalue weighted by atomic mass is 16.4. The van der Waals surface area contributed by atoms with E-state index in [1.165, 1.54) is 0 Å². The Morgan fingerprint density at radius 2 is 0.827 bits per heavy atom. The molecule has 8 atom stereocenters. The number of benzene rings is 1. The number of fused-ring (bicyclic) bond motifs is 1. The number of carbonyl (C=O) groups is 9. The van der Waals surface area contributed by atoms with Gasteiger partial charge in [0.15, 0.2) is 17.9 Å². The van der Waals surface area contributed by atoms with Crippen LogP contribution in [0.15, 0.2) is 45.4 Å². The van der Waals surface area contributed by atoms with Crippen molar-refractivity contribution >= 4 is 82.1 Å². The molecule has 1 heterocycles. The molecule has 29 N–H and O–H groups in total. The average molecular weight is 1150 g/mol. The van der Waals surface area contributed by atoms with Crippen LogP contribution in [0.25, 0.3) is 10.9 Å². The Hall–Kier alpha value is -8.36. The minimum Gasteiger partial charge on any atom is -0.481 e. The van der Waals surface area contributed by atoms with Gasteiger partial charge in [0, 0.05) is 43.2 Å². The van der Waals surface area contributed by atoms with Crippen molar-refractivity contribution in [3.05, 3.63) is 36.0 Å². The first-order chi connectivity index (χ1) is 38.5. The summed E-state index contributed by atoms with van der Waals surface area (Å²) in [6.45, 7) is -0.548. The highest BCUT2D eigenvalue weighted by Crippen LogP contribution is 2.19. The zero-order chi connectivity index (χ0) is 60.4. The summed E-state index contributed by atoms with van der Waals surface area (Å²) in [5.41, 5.74) is 52.7. The monoisotopic (exact) mass is 1140 g/mol. The van der Waals surface area contributed by atoms with Crippen molar-refractivity contribution in [1.82, 2.24) is 42.2 Å². The average Bonchev–Trinajstić information content (AvgIpc) is 3.90. The van der Waals surface area contributed by atoms with Crippen molar-refractivity contribution in [3.8, 4) is 0 Å². The predicted octanol–water partition coefficient (Wildman–Crippen LogP) is -6.21. The van der Waals surface area contributed by atoms with Crippen LogP contribution in [-0.4, -0.2) is 179 Å². The van der Waals surface area contributed by atoms with E-state index in [9.17, 15) is 58.5 Å². The van der Waals surface area contributed by atoms with Gasteiger partial charge < -0.3 is 109 Å². The number of hydrogen-bond acceptors (Lipinski definition) is 16. The number of nitrogens with zero attached hydrogens (tertiary/aromatic N) is 3. The maximum atomic E-state index is 14.5. The number of guanidine groups is 3. The van der Waals surface area contributed by atoms with Crippen LogP contribution in [0.5, 0.6) is 0 Å². The second-order valence-electron chi connectivity index (χ2n) is 19.0. The number of carboxylic acids is 2. The van der Waals surface area contributed by atoms with Crippen LogP contribution in [0.1, 0.15) is 95.5 Å². The quantitative estimate of drug-likeness (QED) is 0.0167. The first-order valence-corrected chi connectivity index (χ1v) is 26.6. The Morgan fingerprint density at radius 1 is 0.481 bits per heavy atom. The number of nitrogens with two attached hydrogens (primary N) is 9. The van der Waals surface area contributed by atoms with E-state index >= 15 is 0 Å². The number of unbranched alkanes of at least 4 members (excludes halogenated alkanes) is 2. The molecule has 0 aliphatic carbocycles. The van der Waals surface area contributed by atoms with Crippen LogP contribution in [0.3, 0.4) is 0 Å². The van der Waals surface area contributed by atoms with Crippen LogP contribution in [-0.2, 0) is 49.6 Å². The predicted molar refractivity (Wildman–Crippen MR) is 301 cm³/mol. The zero-order valence-electron chi connectivity index (χ0n) is 45.4. The van der Waals surface area contributed by atoms with Crippen LogP contribution < -0.4 is 88.8 Å². The number of H-pyrrole nitrogens is 1. The Morgan fingerprint density at radius 3 is 1.17 bits per heavy atom. The molecular weight excluding hydrogens is 1060 g/mol. The molecule has 0 bridgehead atoms. The standard InChI is InChI=1S/C49H84N20O12/c50-19-5-3-12-31(40(74)66-34(15-8-22-60-48(55)56)43(77)65-32(13-4-6-20-51)41(75)68-36(17-18-38(71)72)45(79)69-37(26-70)46(80)81)64-44(78)35(16-9-23-61-49(57)58)67-42(76)33(14-7-21-59-47(53)54)63-39(73)29(52)24-27-25-62-30-11-2-1-10-28(27)30/h1-2,10-11,25,29,31-37,62,70H,3-9,12-24,26,50-52H2,(H,63,73)(H,64,78)(H,65,77)(H,66,74)(H,67,76)(H,68,75)(H,69,79)(H,71,72)(H,80,81)(H4,53,54,59)(H4,55,56,60)(H4,57,58,61)/t29-,31-,32-,33-,34-,35-,36-,37-/m0/s1.